The maximum Gasteiger partial charge on any atom is 0.264 e. The van der Waals surface area contributed by atoms with Gasteiger partial charge in [0.15, 0.2) is 6.61 Å². The topological polar surface area (TPSA) is 88.6 Å². The Morgan fingerprint density at radius 1 is 0.921 bits per heavy atom. The van der Waals surface area contributed by atoms with Gasteiger partial charge in [-0.25, -0.2) is 8.42 Å². The molecule has 0 saturated carbocycles. The minimum Gasteiger partial charge on any atom is -0.497 e. The van der Waals surface area contributed by atoms with Gasteiger partial charge in [0.2, 0.25) is 0 Å². The van der Waals surface area contributed by atoms with E-state index in [1.54, 1.807) is 79.8 Å². The number of piperazine rings is 1. The zero-order valence-electron chi connectivity index (χ0n) is 21.5. The molecule has 9 nitrogen and oxygen atoms in total. The van der Waals surface area contributed by atoms with E-state index in [0.717, 1.165) is 0 Å². The van der Waals surface area contributed by atoms with E-state index in [2.05, 4.69) is 0 Å². The lowest BCUT2D eigenvalue weighted by atomic mass is 10.2. The normalized spacial score (nSPS) is 13.7. The van der Waals surface area contributed by atoms with E-state index < -0.39 is 10.0 Å². The summed E-state index contributed by atoms with van der Waals surface area (Å²) in [5.74, 6) is 1.60. The molecule has 0 bridgehead atoms. The van der Waals surface area contributed by atoms with Crippen molar-refractivity contribution in [2.45, 2.75) is 4.90 Å². The summed E-state index contributed by atoms with van der Waals surface area (Å²) in [5, 5.41) is 0.539. The zero-order valence-corrected chi connectivity index (χ0v) is 23.0. The van der Waals surface area contributed by atoms with Crippen molar-refractivity contribution in [2.24, 2.45) is 0 Å². The van der Waals surface area contributed by atoms with Gasteiger partial charge in [-0.15, -0.1) is 0 Å². The molecule has 202 valence electrons. The van der Waals surface area contributed by atoms with Crippen LogP contribution < -0.4 is 23.4 Å². The Morgan fingerprint density at radius 3 is 2.26 bits per heavy atom. The van der Waals surface area contributed by atoms with Crippen LogP contribution in [-0.4, -0.2) is 73.3 Å². The molecule has 1 aliphatic heterocycles. The molecule has 0 N–H and O–H groups in total. The summed E-state index contributed by atoms with van der Waals surface area (Å²) >= 11 is 5.97. The van der Waals surface area contributed by atoms with Gasteiger partial charge >= 0.3 is 0 Å². The average molecular weight is 560 g/mol. The first-order chi connectivity index (χ1) is 18.2. The summed E-state index contributed by atoms with van der Waals surface area (Å²) in [6.45, 7) is 1.86. The molecule has 1 fully saturated rings. The molecule has 11 heteroatoms. The largest absolute Gasteiger partial charge is 0.497 e. The van der Waals surface area contributed by atoms with Crippen molar-refractivity contribution in [2.75, 3.05) is 63.3 Å². The van der Waals surface area contributed by atoms with Crippen molar-refractivity contribution in [3.8, 4) is 17.2 Å². The van der Waals surface area contributed by atoms with Crippen molar-refractivity contribution in [3.63, 3.8) is 0 Å². The molecule has 0 unspecified atom stereocenters. The zero-order chi connectivity index (χ0) is 27.3. The van der Waals surface area contributed by atoms with Gasteiger partial charge in [0, 0.05) is 38.2 Å². The quantitative estimate of drug-likeness (QED) is 0.393. The van der Waals surface area contributed by atoms with Gasteiger partial charge in [0.05, 0.1) is 30.5 Å². The predicted octanol–water partition coefficient (Wildman–Crippen LogP) is 3.91. The number of hydrogen-bond donors (Lipinski definition) is 0. The summed E-state index contributed by atoms with van der Waals surface area (Å²) in [5.41, 5.74) is 1.16. The molecule has 1 heterocycles. The Labute approximate surface area is 228 Å². The van der Waals surface area contributed by atoms with Crippen molar-refractivity contribution >= 4 is 38.9 Å². The average Bonchev–Trinajstić information content (AvgIpc) is 2.95. The highest BCUT2D eigenvalue weighted by Gasteiger charge is 2.27. The van der Waals surface area contributed by atoms with Gasteiger partial charge < -0.3 is 24.0 Å². The highest BCUT2D eigenvalue weighted by Crippen LogP contribution is 2.34. The fourth-order valence-electron chi connectivity index (χ4n) is 4.16. The van der Waals surface area contributed by atoms with Crippen LogP contribution in [0.25, 0.3) is 0 Å². The molecule has 0 radical (unpaired) electrons. The summed E-state index contributed by atoms with van der Waals surface area (Å²) < 4.78 is 44.4. The van der Waals surface area contributed by atoms with Crippen LogP contribution in [0.2, 0.25) is 5.02 Å². The SMILES string of the molecule is COc1ccc(N(C)S(=O)(=O)c2ccc(OC)c(N3CCN(C(=O)COc4cccc(Cl)c4)CC3)c2)cc1. The second kappa shape index (κ2) is 11.8. The predicted molar refractivity (Wildman–Crippen MR) is 147 cm³/mol. The fraction of sp³-hybridized carbons (Fsp3) is 0.296. The van der Waals surface area contributed by atoms with Gasteiger partial charge in [-0.2, -0.15) is 0 Å². The Balaban J connectivity index is 1.45. The molecular weight excluding hydrogens is 530 g/mol. The molecule has 4 rings (SSSR count). The third-order valence-corrected chi connectivity index (χ3v) is 8.39. The first-order valence-electron chi connectivity index (χ1n) is 11.9. The number of carbonyl (C=O) groups excluding carboxylic acids is 1. The maximum absolute atomic E-state index is 13.4. The molecule has 0 atom stereocenters. The molecule has 3 aromatic carbocycles. The number of benzene rings is 3. The van der Waals surface area contributed by atoms with Gasteiger partial charge in [-0.05, 0) is 60.7 Å². The lowest BCUT2D eigenvalue weighted by molar-refractivity contribution is -0.133. The van der Waals surface area contributed by atoms with Crippen LogP contribution in [0, 0.1) is 0 Å². The van der Waals surface area contributed by atoms with Crippen LogP contribution in [0.5, 0.6) is 17.2 Å². The van der Waals surface area contributed by atoms with Crippen molar-refractivity contribution < 1.29 is 27.4 Å². The Morgan fingerprint density at radius 2 is 1.63 bits per heavy atom. The number of anilines is 2. The number of amides is 1. The van der Waals surface area contributed by atoms with Crippen LogP contribution in [-0.2, 0) is 14.8 Å². The minimum absolute atomic E-state index is 0.0882. The van der Waals surface area contributed by atoms with Crippen LogP contribution >= 0.6 is 11.6 Å². The van der Waals surface area contributed by atoms with E-state index in [0.29, 0.717) is 59.8 Å². The van der Waals surface area contributed by atoms with Crippen molar-refractivity contribution in [1.29, 1.82) is 0 Å². The van der Waals surface area contributed by atoms with Gasteiger partial charge in [-0.3, -0.25) is 9.10 Å². The molecule has 1 aliphatic rings. The van der Waals surface area contributed by atoms with Crippen molar-refractivity contribution in [1.82, 2.24) is 4.90 Å². The monoisotopic (exact) mass is 559 g/mol. The number of sulfonamides is 1. The lowest BCUT2D eigenvalue weighted by Gasteiger charge is -2.36. The first kappa shape index (κ1) is 27.4. The number of rotatable bonds is 9. The summed E-state index contributed by atoms with van der Waals surface area (Å²) in [6, 6.07) is 18.5. The van der Waals surface area contributed by atoms with E-state index in [1.807, 2.05) is 4.90 Å². The number of nitrogens with zero attached hydrogens (tertiary/aromatic N) is 3. The van der Waals surface area contributed by atoms with E-state index in [9.17, 15) is 13.2 Å². The third-order valence-electron chi connectivity index (χ3n) is 6.38. The van der Waals surface area contributed by atoms with E-state index in [4.69, 9.17) is 25.8 Å². The molecule has 38 heavy (non-hydrogen) atoms. The highest BCUT2D eigenvalue weighted by molar-refractivity contribution is 7.92. The van der Waals surface area contributed by atoms with Gasteiger partial charge in [-0.1, -0.05) is 17.7 Å². The molecule has 1 saturated heterocycles. The number of carbonyl (C=O) groups is 1. The maximum atomic E-state index is 13.4. The Kier molecular flexibility index (Phi) is 8.53. The highest BCUT2D eigenvalue weighted by atomic mass is 35.5. The third kappa shape index (κ3) is 6.08. The molecule has 1 amide bonds. The summed E-state index contributed by atoms with van der Waals surface area (Å²) in [7, 11) is 0.771. The Hall–Kier alpha value is -3.63. The van der Waals surface area contributed by atoms with Crippen molar-refractivity contribution in [3.05, 3.63) is 71.8 Å². The second-order valence-corrected chi connectivity index (χ2v) is 11.0. The van der Waals surface area contributed by atoms with Crippen LogP contribution in [0.15, 0.2) is 71.6 Å². The molecule has 0 spiro atoms. The van der Waals surface area contributed by atoms with E-state index >= 15 is 0 Å². The molecule has 0 aliphatic carbocycles. The minimum atomic E-state index is -3.84. The number of hydrogen-bond acceptors (Lipinski definition) is 7. The number of methoxy groups -OCH3 is 2. The number of halogens is 1. The van der Waals surface area contributed by atoms with Crippen LogP contribution in [0.1, 0.15) is 0 Å². The first-order valence-corrected chi connectivity index (χ1v) is 13.8. The Bertz CT molecular complexity index is 1380. The molecule has 3 aromatic rings. The standard InChI is InChI=1S/C27H30ClN3O6S/c1-29(21-7-9-22(35-2)10-8-21)38(33,34)24-11-12-26(36-3)25(18-24)30-13-15-31(16-14-30)27(32)19-37-23-6-4-5-20(28)17-23/h4-12,17-18H,13-16,19H2,1-3H3. The summed E-state index contributed by atoms with van der Waals surface area (Å²) in [6.07, 6.45) is 0. The van der Waals surface area contributed by atoms with E-state index in [-0.39, 0.29) is 17.4 Å². The van der Waals surface area contributed by atoms with E-state index in [1.165, 1.54) is 17.4 Å². The second-order valence-electron chi connectivity index (χ2n) is 8.62. The number of ether oxygens (including phenoxy) is 3. The summed E-state index contributed by atoms with van der Waals surface area (Å²) in [4.78, 5) is 16.6. The molecule has 0 aromatic heterocycles. The van der Waals surface area contributed by atoms with Gasteiger partial charge in [0.1, 0.15) is 17.2 Å². The lowest BCUT2D eigenvalue weighted by Crippen LogP contribution is -2.50. The van der Waals surface area contributed by atoms with Crippen LogP contribution in [0.3, 0.4) is 0 Å². The smallest absolute Gasteiger partial charge is 0.264 e. The molecular formula is C27H30ClN3O6S. The van der Waals surface area contributed by atoms with Crippen LogP contribution in [0.4, 0.5) is 11.4 Å². The van der Waals surface area contributed by atoms with Gasteiger partial charge in [0.25, 0.3) is 15.9 Å². The fourth-order valence-corrected chi connectivity index (χ4v) is 5.55.